The minimum atomic E-state index is -4.38. The van der Waals surface area contributed by atoms with E-state index in [4.69, 9.17) is 0 Å². The second kappa shape index (κ2) is 7.74. The van der Waals surface area contributed by atoms with Crippen molar-refractivity contribution < 1.29 is 21.6 Å². The van der Waals surface area contributed by atoms with Gasteiger partial charge in [0.25, 0.3) is 0 Å². The van der Waals surface area contributed by atoms with E-state index < -0.39 is 21.8 Å². The van der Waals surface area contributed by atoms with Gasteiger partial charge < -0.3 is 4.98 Å². The SMILES string of the molecule is CCS(=O)(=O)N1CCC(c2c[nH]c3ccc(-c4cccc(C(F)(F)F)c4)cc23)CC1. The zero-order chi connectivity index (χ0) is 21.5. The summed E-state index contributed by atoms with van der Waals surface area (Å²) in [5.74, 6) is 0.310. The number of benzene rings is 2. The molecule has 0 unspecified atom stereocenters. The molecule has 2 aromatic carbocycles. The van der Waals surface area contributed by atoms with E-state index in [1.54, 1.807) is 17.3 Å². The van der Waals surface area contributed by atoms with Crippen LogP contribution in [0.2, 0.25) is 0 Å². The molecule has 0 spiro atoms. The third-order valence-electron chi connectivity index (χ3n) is 5.89. The van der Waals surface area contributed by atoms with E-state index in [9.17, 15) is 21.6 Å². The van der Waals surface area contributed by atoms with Gasteiger partial charge in [-0.15, -0.1) is 0 Å². The maximum Gasteiger partial charge on any atom is 0.416 e. The number of alkyl halides is 3. The standard InChI is InChI=1S/C22H23F3N2O2S/c1-2-30(28,29)27-10-8-15(9-11-27)20-14-26-21-7-6-17(13-19(20)21)16-4-3-5-18(12-16)22(23,24)25/h3-7,12-15,26H,2,8-11H2,1H3. The first-order chi connectivity index (χ1) is 14.2. The van der Waals surface area contributed by atoms with Crippen LogP contribution in [0.4, 0.5) is 13.2 Å². The van der Waals surface area contributed by atoms with E-state index in [0.29, 0.717) is 18.7 Å². The fourth-order valence-electron chi connectivity index (χ4n) is 4.16. The summed E-state index contributed by atoms with van der Waals surface area (Å²) < 4.78 is 65.0. The lowest BCUT2D eigenvalue weighted by Gasteiger charge is -2.30. The first kappa shape index (κ1) is 20.9. The molecule has 1 aliphatic rings. The Morgan fingerprint density at radius 3 is 2.43 bits per heavy atom. The molecule has 1 aliphatic heterocycles. The number of H-pyrrole nitrogens is 1. The largest absolute Gasteiger partial charge is 0.416 e. The van der Waals surface area contributed by atoms with Gasteiger partial charge in [0.05, 0.1) is 11.3 Å². The molecule has 0 aliphatic carbocycles. The van der Waals surface area contributed by atoms with Crippen molar-refractivity contribution >= 4 is 20.9 Å². The van der Waals surface area contributed by atoms with Crippen LogP contribution in [-0.4, -0.2) is 36.5 Å². The lowest BCUT2D eigenvalue weighted by atomic mass is 9.89. The highest BCUT2D eigenvalue weighted by atomic mass is 32.2. The maximum absolute atomic E-state index is 13.1. The van der Waals surface area contributed by atoms with Crippen molar-refractivity contribution in [1.29, 1.82) is 0 Å². The van der Waals surface area contributed by atoms with Crippen LogP contribution in [0.15, 0.2) is 48.7 Å². The van der Waals surface area contributed by atoms with Gasteiger partial charge in [-0.05, 0) is 66.6 Å². The number of aromatic nitrogens is 1. The minimum Gasteiger partial charge on any atom is -0.361 e. The number of piperidine rings is 1. The summed E-state index contributed by atoms with van der Waals surface area (Å²) in [4.78, 5) is 3.24. The first-order valence-electron chi connectivity index (χ1n) is 9.95. The predicted molar refractivity (Wildman–Crippen MR) is 112 cm³/mol. The van der Waals surface area contributed by atoms with E-state index in [1.807, 2.05) is 24.4 Å². The van der Waals surface area contributed by atoms with Gasteiger partial charge in [-0.25, -0.2) is 12.7 Å². The Bertz CT molecular complexity index is 1160. The van der Waals surface area contributed by atoms with Crippen LogP contribution >= 0.6 is 0 Å². The number of rotatable bonds is 4. The Balaban J connectivity index is 1.63. The Hall–Kier alpha value is -2.32. The molecule has 1 saturated heterocycles. The Morgan fingerprint density at radius 2 is 1.77 bits per heavy atom. The molecule has 4 nitrogen and oxygen atoms in total. The average molecular weight is 436 g/mol. The predicted octanol–water partition coefficient (Wildman–Crippen LogP) is 5.38. The van der Waals surface area contributed by atoms with Crippen LogP contribution in [0.1, 0.15) is 36.8 Å². The summed E-state index contributed by atoms with van der Waals surface area (Å²) in [7, 11) is -3.18. The van der Waals surface area contributed by atoms with Gasteiger partial charge in [0, 0.05) is 30.2 Å². The molecule has 0 amide bonds. The fourth-order valence-corrected chi connectivity index (χ4v) is 5.29. The van der Waals surface area contributed by atoms with Gasteiger partial charge in [-0.2, -0.15) is 13.2 Å². The molecule has 0 radical (unpaired) electrons. The summed E-state index contributed by atoms with van der Waals surface area (Å²) >= 11 is 0. The van der Waals surface area contributed by atoms with E-state index in [1.165, 1.54) is 12.1 Å². The molecule has 3 aromatic rings. The Labute approximate surface area is 173 Å². The average Bonchev–Trinajstić information content (AvgIpc) is 3.16. The topological polar surface area (TPSA) is 53.2 Å². The Kier molecular flexibility index (Phi) is 5.40. The van der Waals surface area contributed by atoms with Gasteiger partial charge in [-0.3, -0.25) is 0 Å². The third kappa shape index (κ3) is 3.98. The van der Waals surface area contributed by atoms with Crippen molar-refractivity contribution in [2.24, 2.45) is 0 Å². The number of nitrogens with one attached hydrogen (secondary N) is 1. The van der Waals surface area contributed by atoms with Crippen molar-refractivity contribution in [2.75, 3.05) is 18.8 Å². The number of sulfonamides is 1. The van der Waals surface area contributed by atoms with Crippen LogP contribution in [-0.2, 0) is 16.2 Å². The zero-order valence-electron chi connectivity index (χ0n) is 16.5. The molecule has 8 heteroatoms. The van der Waals surface area contributed by atoms with Crippen LogP contribution < -0.4 is 0 Å². The summed E-state index contributed by atoms with van der Waals surface area (Å²) in [6.07, 6.45) is -0.999. The van der Waals surface area contributed by atoms with Crippen molar-refractivity contribution in [3.05, 3.63) is 59.8 Å². The number of aromatic amines is 1. The van der Waals surface area contributed by atoms with Gasteiger partial charge in [0.1, 0.15) is 0 Å². The number of halogens is 3. The highest BCUT2D eigenvalue weighted by Gasteiger charge is 2.31. The molecule has 30 heavy (non-hydrogen) atoms. The van der Waals surface area contributed by atoms with Crippen molar-refractivity contribution in [2.45, 2.75) is 31.9 Å². The number of nitrogens with zero attached hydrogens (tertiary/aromatic N) is 1. The Morgan fingerprint density at radius 1 is 1.07 bits per heavy atom. The molecule has 0 saturated carbocycles. The van der Waals surface area contributed by atoms with Gasteiger partial charge in [0.15, 0.2) is 0 Å². The minimum absolute atomic E-state index is 0.102. The van der Waals surface area contributed by atoms with Gasteiger partial charge in [0.2, 0.25) is 10.0 Å². The van der Waals surface area contributed by atoms with Gasteiger partial charge >= 0.3 is 6.18 Å². The monoisotopic (exact) mass is 436 g/mol. The molecule has 2 heterocycles. The number of hydrogen-bond donors (Lipinski definition) is 1. The van der Waals surface area contributed by atoms with E-state index in [-0.39, 0.29) is 11.7 Å². The quantitative estimate of drug-likeness (QED) is 0.597. The van der Waals surface area contributed by atoms with E-state index in [0.717, 1.165) is 40.9 Å². The summed E-state index contributed by atoms with van der Waals surface area (Å²) in [6.45, 7) is 2.62. The first-order valence-corrected chi connectivity index (χ1v) is 11.6. The van der Waals surface area contributed by atoms with Crippen molar-refractivity contribution in [3.63, 3.8) is 0 Å². The van der Waals surface area contributed by atoms with Crippen molar-refractivity contribution in [1.82, 2.24) is 9.29 Å². The smallest absolute Gasteiger partial charge is 0.361 e. The van der Waals surface area contributed by atoms with Crippen molar-refractivity contribution in [3.8, 4) is 11.1 Å². The molecule has 160 valence electrons. The highest BCUT2D eigenvalue weighted by Crippen LogP contribution is 2.37. The summed E-state index contributed by atoms with van der Waals surface area (Å²) in [5.41, 5.74) is 2.58. The molecule has 1 N–H and O–H groups in total. The zero-order valence-corrected chi connectivity index (χ0v) is 17.4. The second-order valence-electron chi connectivity index (χ2n) is 7.66. The molecule has 0 bridgehead atoms. The molecule has 4 rings (SSSR count). The van der Waals surface area contributed by atoms with Crippen LogP contribution in [0.5, 0.6) is 0 Å². The second-order valence-corrected chi connectivity index (χ2v) is 9.91. The maximum atomic E-state index is 13.1. The van der Waals surface area contributed by atoms with E-state index >= 15 is 0 Å². The molecule has 1 aromatic heterocycles. The number of fused-ring (bicyclic) bond motifs is 1. The van der Waals surface area contributed by atoms with Gasteiger partial charge in [-0.1, -0.05) is 18.2 Å². The normalized spacial score (nSPS) is 16.9. The molecular formula is C22H23F3N2O2S. The molecular weight excluding hydrogens is 413 g/mol. The third-order valence-corrected chi connectivity index (χ3v) is 7.77. The lowest BCUT2D eigenvalue weighted by Crippen LogP contribution is -2.38. The lowest BCUT2D eigenvalue weighted by molar-refractivity contribution is -0.137. The summed E-state index contributed by atoms with van der Waals surface area (Å²) in [5, 5.41) is 0.974. The molecule has 0 atom stereocenters. The fraction of sp³-hybridized carbons (Fsp3) is 0.364. The molecule has 1 fully saturated rings. The van der Waals surface area contributed by atoms with Crippen LogP contribution in [0, 0.1) is 0 Å². The van der Waals surface area contributed by atoms with Crippen LogP contribution in [0.3, 0.4) is 0 Å². The summed E-state index contributed by atoms with van der Waals surface area (Å²) in [6, 6.07) is 11.0. The number of hydrogen-bond acceptors (Lipinski definition) is 2. The van der Waals surface area contributed by atoms with Crippen LogP contribution in [0.25, 0.3) is 22.0 Å². The van der Waals surface area contributed by atoms with E-state index in [2.05, 4.69) is 4.98 Å². The highest BCUT2D eigenvalue weighted by molar-refractivity contribution is 7.89.